The predicted molar refractivity (Wildman–Crippen MR) is 158 cm³/mol. The molecule has 0 spiro atoms. The van der Waals surface area contributed by atoms with Crippen LogP contribution in [0.1, 0.15) is 91.8 Å². The zero-order valence-electron chi connectivity index (χ0n) is 25.7. The highest BCUT2D eigenvalue weighted by atomic mass is 16.5. The molecule has 1 fully saturated rings. The molecule has 3 aliphatic rings. The van der Waals surface area contributed by atoms with Crippen molar-refractivity contribution in [1.29, 1.82) is 0 Å². The Morgan fingerprint density at radius 3 is 2.33 bits per heavy atom. The number of rotatable bonds is 5. The average molecular weight is 543 g/mol. The molecule has 3 atom stereocenters. The van der Waals surface area contributed by atoms with Crippen molar-refractivity contribution >= 4 is 17.8 Å². The summed E-state index contributed by atoms with van der Waals surface area (Å²) in [6.45, 7) is 19.2. The van der Waals surface area contributed by atoms with Crippen LogP contribution in [0.15, 0.2) is 23.2 Å². The topological polar surface area (TPSA) is 106 Å². The highest BCUT2D eigenvalue weighted by Crippen LogP contribution is 2.53. The third-order valence-electron chi connectivity index (χ3n) is 6.99. The van der Waals surface area contributed by atoms with Crippen LogP contribution in [0.2, 0.25) is 0 Å². The lowest BCUT2D eigenvalue weighted by molar-refractivity contribution is -0.131. The van der Waals surface area contributed by atoms with Gasteiger partial charge in [-0.05, 0) is 59.4 Å². The largest absolute Gasteiger partial charge is 0.487 e. The summed E-state index contributed by atoms with van der Waals surface area (Å²) in [7, 11) is 1.68. The molecule has 39 heavy (non-hydrogen) atoms. The van der Waals surface area contributed by atoms with Gasteiger partial charge in [-0.25, -0.2) is 4.99 Å². The third kappa shape index (κ3) is 8.99. The van der Waals surface area contributed by atoms with Gasteiger partial charge in [0.25, 0.3) is 0 Å². The Balaban J connectivity index is 0.000000856. The minimum atomic E-state index is -0.472. The Bertz CT molecular complexity index is 1040. The lowest BCUT2D eigenvalue weighted by Gasteiger charge is -2.38. The number of hydrogen-bond donors (Lipinski definition) is 2. The number of aliphatic imine (C=N–C) groups is 1. The van der Waals surface area contributed by atoms with Crippen molar-refractivity contribution in [3.05, 3.63) is 29.3 Å². The van der Waals surface area contributed by atoms with Crippen molar-refractivity contribution in [1.82, 2.24) is 10.2 Å². The molecule has 2 amide bonds. The van der Waals surface area contributed by atoms with E-state index < -0.39 is 5.54 Å². The van der Waals surface area contributed by atoms with Crippen LogP contribution in [0.25, 0.3) is 0 Å². The number of carbonyl (C=O) groups is 2. The fourth-order valence-electron chi connectivity index (χ4n) is 4.90. The van der Waals surface area contributed by atoms with E-state index in [1.165, 1.54) is 0 Å². The molecule has 0 bridgehead atoms. The summed E-state index contributed by atoms with van der Waals surface area (Å²) in [6.07, 6.45) is 9.76. The van der Waals surface area contributed by atoms with E-state index in [2.05, 4.69) is 34.0 Å². The molecule has 4 rings (SSSR count). The molecule has 1 unspecified atom stereocenters. The van der Waals surface area contributed by atoms with Gasteiger partial charge in [0.1, 0.15) is 11.4 Å². The van der Waals surface area contributed by atoms with E-state index in [-0.39, 0.29) is 40.7 Å². The van der Waals surface area contributed by atoms with Crippen LogP contribution in [-0.2, 0) is 14.3 Å². The lowest BCUT2D eigenvalue weighted by atomic mass is 9.88. The van der Waals surface area contributed by atoms with E-state index >= 15 is 0 Å². The van der Waals surface area contributed by atoms with Gasteiger partial charge in [0.05, 0.1) is 18.0 Å². The zero-order chi connectivity index (χ0) is 30.2. The number of hydrogen-bond acceptors (Lipinski definition) is 6. The number of aryl methyl sites for hydroxylation is 1. The summed E-state index contributed by atoms with van der Waals surface area (Å²) >= 11 is 0. The van der Waals surface area contributed by atoms with Crippen molar-refractivity contribution in [2.45, 2.75) is 98.8 Å². The summed E-state index contributed by atoms with van der Waals surface area (Å²) in [6, 6.07) is 6.00. The number of ether oxygens (including phenoxy) is 2. The van der Waals surface area contributed by atoms with Crippen molar-refractivity contribution in [3.8, 4) is 18.6 Å². The van der Waals surface area contributed by atoms with Crippen LogP contribution >= 0.6 is 0 Å². The van der Waals surface area contributed by atoms with Crippen molar-refractivity contribution in [3.63, 3.8) is 0 Å². The number of carbonyl (C=O) groups excluding carboxylic acids is 2. The molecule has 0 saturated heterocycles. The number of nitrogens with one attached hydrogen (secondary N) is 1. The molecule has 0 aromatic heterocycles. The number of amides is 2. The second kappa shape index (κ2) is 13.8. The molecule has 1 saturated carbocycles. The van der Waals surface area contributed by atoms with Gasteiger partial charge in [-0.3, -0.25) is 14.5 Å². The van der Waals surface area contributed by atoms with Gasteiger partial charge in [0.15, 0.2) is 5.96 Å². The van der Waals surface area contributed by atoms with Gasteiger partial charge >= 0.3 is 0 Å². The fourth-order valence-corrected chi connectivity index (χ4v) is 4.90. The molecule has 218 valence electrons. The first-order valence-electron chi connectivity index (χ1n) is 13.8. The molecule has 8 heteroatoms. The second-order valence-corrected chi connectivity index (χ2v) is 11.6. The minimum absolute atomic E-state index is 0.0259. The molecule has 3 N–H and O–H groups in total. The molecular weight excluding hydrogens is 492 g/mol. The molecule has 2 aliphatic heterocycles. The highest BCUT2D eigenvalue weighted by Gasteiger charge is 2.57. The lowest BCUT2D eigenvalue weighted by Crippen LogP contribution is -2.52. The number of benzene rings is 1. The number of methoxy groups -OCH3 is 1. The zero-order valence-corrected chi connectivity index (χ0v) is 25.7. The van der Waals surface area contributed by atoms with Gasteiger partial charge < -0.3 is 20.5 Å². The first-order chi connectivity index (χ1) is 18.2. The SMILES string of the molecule is C#C.CC.CCOC.Cc1ccc2c(c1)[C@@H](NC(=O)C1C[C@]1(C)CN1C(=O)CC(C)(C)N=C1N)CC(C)(C)O2. The Labute approximate surface area is 236 Å². The van der Waals surface area contributed by atoms with Crippen molar-refractivity contribution in [2.75, 3.05) is 20.3 Å². The van der Waals surface area contributed by atoms with Gasteiger partial charge in [-0.15, -0.1) is 12.8 Å². The number of nitrogens with two attached hydrogens (primary N) is 1. The van der Waals surface area contributed by atoms with Gasteiger partial charge in [-0.2, -0.15) is 0 Å². The summed E-state index contributed by atoms with van der Waals surface area (Å²) in [5, 5.41) is 3.26. The fraction of sp³-hybridized carbons (Fsp3) is 0.645. The first-order valence-corrected chi connectivity index (χ1v) is 13.8. The molecule has 1 aliphatic carbocycles. The van der Waals surface area contributed by atoms with Crippen LogP contribution in [-0.4, -0.2) is 54.1 Å². The summed E-state index contributed by atoms with van der Waals surface area (Å²) in [4.78, 5) is 31.8. The Morgan fingerprint density at radius 1 is 1.21 bits per heavy atom. The van der Waals surface area contributed by atoms with Gasteiger partial charge in [0, 0.05) is 38.2 Å². The molecule has 8 nitrogen and oxygen atoms in total. The quantitative estimate of drug-likeness (QED) is 0.510. The second-order valence-electron chi connectivity index (χ2n) is 11.6. The van der Waals surface area contributed by atoms with Crippen LogP contribution in [0.4, 0.5) is 0 Å². The maximum Gasteiger partial charge on any atom is 0.231 e. The van der Waals surface area contributed by atoms with E-state index in [1.807, 2.05) is 74.4 Å². The normalized spacial score (nSPS) is 25.4. The van der Waals surface area contributed by atoms with Crippen molar-refractivity contribution in [2.24, 2.45) is 22.1 Å². The Morgan fingerprint density at radius 2 is 1.79 bits per heavy atom. The molecule has 2 heterocycles. The molecular formula is C31H50N4O4. The Hall–Kier alpha value is -3.05. The molecule has 0 radical (unpaired) electrons. The van der Waals surface area contributed by atoms with E-state index in [4.69, 9.17) is 10.5 Å². The van der Waals surface area contributed by atoms with E-state index in [9.17, 15) is 9.59 Å². The smallest absolute Gasteiger partial charge is 0.231 e. The molecule has 1 aromatic carbocycles. The summed E-state index contributed by atoms with van der Waals surface area (Å²) < 4.78 is 10.7. The number of fused-ring (bicyclic) bond motifs is 1. The number of guanidine groups is 1. The highest BCUT2D eigenvalue weighted by molar-refractivity contribution is 5.99. The van der Waals surface area contributed by atoms with Gasteiger partial charge in [-0.1, -0.05) is 38.5 Å². The van der Waals surface area contributed by atoms with Crippen LogP contribution in [0.3, 0.4) is 0 Å². The maximum absolute atomic E-state index is 13.2. The number of terminal acetylenes is 1. The van der Waals surface area contributed by atoms with Crippen LogP contribution in [0, 0.1) is 31.1 Å². The molecule has 1 aromatic rings. The average Bonchev–Trinajstić information content (AvgIpc) is 3.55. The van der Waals surface area contributed by atoms with Crippen LogP contribution in [0.5, 0.6) is 5.75 Å². The number of nitrogens with zero attached hydrogens (tertiary/aromatic N) is 2. The van der Waals surface area contributed by atoms with Gasteiger partial charge in [0.2, 0.25) is 11.8 Å². The van der Waals surface area contributed by atoms with E-state index in [0.29, 0.717) is 19.4 Å². The summed E-state index contributed by atoms with van der Waals surface area (Å²) in [5.74, 6) is 0.931. The third-order valence-corrected chi connectivity index (χ3v) is 6.99. The monoisotopic (exact) mass is 542 g/mol. The maximum atomic E-state index is 13.2. The first kappa shape index (κ1) is 34.0. The standard InChI is InChI=1S/C24H34N4O3.C3H8O.C2H6.C2H2/c1-14-7-8-18-15(9-14)17(11-23(4,5)31-18)26-20(30)16-10-24(16,6)13-28-19(29)12-22(2,3)27-21(28)25;1-3-4-2;2*1-2/h7-9,16-17H,10-13H2,1-6H3,(H2,25,27)(H,26,30);3H2,1-2H3;1-2H3;1-2H/t16?,17-,24+;;;/m0.../s1. The van der Waals surface area contributed by atoms with E-state index in [1.54, 1.807) is 12.0 Å². The van der Waals surface area contributed by atoms with Crippen molar-refractivity contribution < 1.29 is 19.1 Å². The van der Waals surface area contributed by atoms with Crippen LogP contribution < -0.4 is 15.8 Å². The predicted octanol–water partition coefficient (Wildman–Crippen LogP) is 4.99. The van der Waals surface area contributed by atoms with E-state index in [0.717, 1.165) is 29.9 Å². The Kier molecular flexibility index (Phi) is 12.1. The summed E-state index contributed by atoms with van der Waals surface area (Å²) in [5.41, 5.74) is 7.13. The minimum Gasteiger partial charge on any atom is -0.487 e.